The molecule has 2 aromatic rings. The van der Waals surface area contributed by atoms with Gasteiger partial charge in [-0.25, -0.2) is 5.84 Å². The van der Waals surface area contributed by atoms with Crippen molar-refractivity contribution in [2.45, 2.75) is 12.5 Å². The minimum absolute atomic E-state index is 0.0444. The Morgan fingerprint density at radius 2 is 1.67 bits per heavy atom. The third-order valence-electron chi connectivity index (χ3n) is 3.60. The van der Waals surface area contributed by atoms with Gasteiger partial charge in [-0.2, -0.15) is 5.10 Å². The second-order valence-corrected chi connectivity index (χ2v) is 6.27. The Balaban J connectivity index is 2.11. The first-order chi connectivity index (χ1) is 11.6. The molecule has 7 nitrogen and oxygen atoms in total. The van der Waals surface area contributed by atoms with E-state index in [1.807, 2.05) is 42.5 Å². The summed E-state index contributed by atoms with van der Waals surface area (Å²) in [6.07, 6.45) is 0.598. The average molecular weight is 347 g/mol. The molecule has 2 rings (SSSR count). The number of nitrogens with zero attached hydrogens (tertiary/aromatic N) is 1. The van der Waals surface area contributed by atoms with Crippen LogP contribution in [0.1, 0.15) is 5.56 Å². The molecule has 0 unspecified atom stereocenters. The van der Waals surface area contributed by atoms with Crippen LogP contribution in [0.2, 0.25) is 0 Å². The minimum atomic E-state index is -2.05. The normalized spacial score (nSPS) is 13.1. The van der Waals surface area contributed by atoms with Gasteiger partial charge in [0.15, 0.2) is 14.2 Å². The summed E-state index contributed by atoms with van der Waals surface area (Å²) < 4.78 is 0. The van der Waals surface area contributed by atoms with Crippen LogP contribution in [0.15, 0.2) is 59.7 Å². The van der Waals surface area contributed by atoms with Crippen LogP contribution in [-0.4, -0.2) is 28.0 Å². The molecule has 8 N–H and O–H groups in total. The third kappa shape index (κ3) is 5.26. The van der Waals surface area contributed by atoms with E-state index in [4.69, 9.17) is 21.5 Å². The molecule has 0 amide bonds. The molecule has 0 saturated heterocycles. The molecule has 0 bridgehead atoms. The van der Waals surface area contributed by atoms with Crippen LogP contribution in [0, 0.1) is 0 Å². The van der Waals surface area contributed by atoms with E-state index < -0.39 is 8.38 Å². The largest absolute Gasteiger partial charge is 0.349 e. The first-order valence-electron chi connectivity index (χ1n) is 7.41. The highest BCUT2D eigenvalue weighted by atomic mass is 31.2. The van der Waals surface area contributed by atoms with Gasteiger partial charge in [-0.05, 0) is 23.1 Å². The monoisotopic (exact) mass is 347 g/mol. The Labute approximate surface area is 142 Å². The van der Waals surface area contributed by atoms with Gasteiger partial charge in [-0.1, -0.05) is 54.6 Å². The first kappa shape index (κ1) is 18.3. The molecular formula is C16H22N5O2P. The van der Waals surface area contributed by atoms with E-state index in [9.17, 15) is 0 Å². The molecule has 8 heteroatoms. The predicted molar refractivity (Wildman–Crippen MR) is 97.7 cm³/mol. The summed E-state index contributed by atoms with van der Waals surface area (Å²) >= 11 is 0. The van der Waals surface area contributed by atoms with E-state index in [2.05, 4.69) is 28.0 Å². The standard InChI is InChI=1S/C16H22N5O2P/c17-20-16(21-18)15(19-11-24(22)23)10-12-6-8-14(9-7-12)13-4-2-1-3-5-13/h1-9,15,19,22-23H,10-11,17-18H2,(H,20,21)/t15-/m0/s1. The number of nitrogens with two attached hydrogens (primary N) is 2. The van der Waals surface area contributed by atoms with Crippen LogP contribution >= 0.6 is 8.38 Å². The van der Waals surface area contributed by atoms with Gasteiger partial charge in [0.05, 0.1) is 12.3 Å². The van der Waals surface area contributed by atoms with Gasteiger partial charge in [-0.3, -0.25) is 5.32 Å². The first-order valence-corrected chi connectivity index (χ1v) is 8.84. The molecular weight excluding hydrogens is 325 g/mol. The van der Waals surface area contributed by atoms with Crippen LogP contribution in [0.4, 0.5) is 0 Å². The maximum absolute atomic E-state index is 9.09. The number of nitrogens with one attached hydrogen (secondary N) is 2. The van der Waals surface area contributed by atoms with Gasteiger partial charge < -0.3 is 21.1 Å². The van der Waals surface area contributed by atoms with E-state index in [1.165, 1.54) is 0 Å². The predicted octanol–water partition coefficient (Wildman–Crippen LogP) is 0.844. The molecule has 0 aliphatic rings. The lowest BCUT2D eigenvalue weighted by molar-refractivity contribution is 0.471. The number of hydrogen-bond acceptors (Lipinski definition) is 6. The Hall–Kier alpha value is -2.02. The summed E-state index contributed by atoms with van der Waals surface area (Å²) in [6, 6.07) is 17.9. The second-order valence-electron chi connectivity index (χ2n) is 5.21. The Morgan fingerprint density at radius 1 is 1.04 bits per heavy atom. The van der Waals surface area contributed by atoms with Crippen LogP contribution in [0.3, 0.4) is 0 Å². The number of hydrazone groups is 1. The summed E-state index contributed by atoms with van der Waals surface area (Å²) in [4.78, 5) is 18.2. The van der Waals surface area contributed by atoms with Crippen molar-refractivity contribution >= 4 is 14.2 Å². The van der Waals surface area contributed by atoms with Crippen molar-refractivity contribution in [1.82, 2.24) is 10.7 Å². The lowest BCUT2D eigenvalue weighted by atomic mass is 10.0. The molecule has 0 fully saturated rings. The molecule has 0 aliphatic carbocycles. The zero-order chi connectivity index (χ0) is 17.4. The number of hydrazine groups is 1. The molecule has 0 spiro atoms. The zero-order valence-corrected chi connectivity index (χ0v) is 14.0. The maximum Gasteiger partial charge on any atom is 0.179 e. The molecule has 0 radical (unpaired) electrons. The Kier molecular flexibility index (Phi) is 7.11. The highest BCUT2D eigenvalue weighted by Crippen LogP contribution is 2.21. The minimum Gasteiger partial charge on any atom is -0.349 e. The molecule has 1 atom stereocenters. The van der Waals surface area contributed by atoms with Crippen molar-refractivity contribution in [1.29, 1.82) is 0 Å². The quantitative estimate of drug-likeness (QED) is 0.145. The molecule has 128 valence electrons. The van der Waals surface area contributed by atoms with E-state index in [1.54, 1.807) is 0 Å². The van der Waals surface area contributed by atoms with Crippen molar-refractivity contribution in [3.63, 3.8) is 0 Å². The maximum atomic E-state index is 9.09. The van der Waals surface area contributed by atoms with Gasteiger partial charge in [0.1, 0.15) is 0 Å². The van der Waals surface area contributed by atoms with E-state index in [0.29, 0.717) is 12.3 Å². The third-order valence-corrected chi connectivity index (χ3v) is 4.06. The number of benzene rings is 2. The molecule has 0 heterocycles. The SMILES string of the molecule is N/N=C(\NN)[C@H](Cc1ccc(-c2ccccc2)cc1)NCP(O)O. The summed E-state index contributed by atoms with van der Waals surface area (Å²) in [6.45, 7) is 0. The Bertz CT molecular complexity index is 649. The molecule has 24 heavy (non-hydrogen) atoms. The van der Waals surface area contributed by atoms with Crippen molar-refractivity contribution in [2.75, 3.05) is 6.29 Å². The summed E-state index contributed by atoms with van der Waals surface area (Å²) in [7, 11) is -2.05. The summed E-state index contributed by atoms with van der Waals surface area (Å²) in [5, 5.41) is 6.60. The molecule has 0 aliphatic heterocycles. The van der Waals surface area contributed by atoms with Gasteiger partial charge in [0.2, 0.25) is 0 Å². The van der Waals surface area contributed by atoms with Gasteiger partial charge in [-0.15, -0.1) is 0 Å². The molecule has 0 aromatic heterocycles. The highest BCUT2D eigenvalue weighted by Gasteiger charge is 2.17. The summed E-state index contributed by atoms with van der Waals surface area (Å²) in [5.74, 6) is 11.1. The fourth-order valence-electron chi connectivity index (χ4n) is 2.38. The fraction of sp³-hybridized carbons (Fsp3) is 0.188. The van der Waals surface area contributed by atoms with Crippen LogP contribution in [0.25, 0.3) is 11.1 Å². The van der Waals surface area contributed by atoms with E-state index in [-0.39, 0.29) is 12.3 Å². The van der Waals surface area contributed by atoms with Crippen LogP contribution in [-0.2, 0) is 6.42 Å². The van der Waals surface area contributed by atoms with Crippen LogP contribution in [0.5, 0.6) is 0 Å². The van der Waals surface area contributed by atoms with E-state index in [0.717, 1.165) is 16.7 Å². The average Bonchev–Trinajstić information content (AvgIpc) is 2.61. The second kappa shape index (κ2) is 9.32. The van der Waals surface area contributed by atoms with Gasteiger partial charge in [0, 0.05) is 0 Å². The molecule has 0 saturated carbocycles. The zero-order valence-electron chi connectivity index (χ0n) is 13.1. The smallest absolute Gasteiger partial charge is 0.179 e. The number of hydrogen-bond donors (Lipinski definition) is 6. The van der Waals surface area contributed by atoms with Crippen LogP contribution < -0.4 is 22.4 Å². The summed E-state index contributed by atoms with van der Waals surface area (Å²) in [5.41, 5.74) is 5.76. The highest BCUT2D eigenvalue weighted by molar-refractivity contribution is 7.45. The Morgan fingerprint density at radius 3 is 2.21 bits per heavy atom. The number of rotatable bonds is 7. The van der Waals surface area contributed by atoms with Gasteiger partial charge >= 0.3 is 0 Å². The topological polar surface area (TPSA) is 129 Å². The lowest BCUT2D eigenvalue weighted by Crippen LogP contribution is -2.48. The van der Waals surface area contributed by atoms with Gasteiger partial charge in [0.25, 0.3) is 0 Å². The van der Waals surface area contributed by atoms with E-state index >= 15 is 0 Å². The van der Waals surface area contributed by atoms with Crippen molar-refractivity contribution in [3.8, 4) is 11.1 Å². The van der Waals surface area contributed by atoms with Crippen molar-refractivity contribution in [2.24, 2.45) is 16.8 Å². The molecule has 2 aromatic carbocycles. The number of amidine groups is 1. The lowest BCUT2D eigenvalue weighted by Gasteiger charge is -2.20. The van der Waals surface area contributed by atoms with Crippen molar-refractivity contribution in [3.05, 3.63) is 60.2 Å². The van der Waals surface area contributed by atoms with Crippen molar-refractivity contribution < 1.29 is 9.79 Å². The fourth-order valence-corrected chi connectivity index (χ4v) is 2.77.